The van der Waals surface area contributed by atoms with E-state index >= 15 is 0 Å². The predicted octanol–water partition coefficient (Wildman–Crippen LogP) is 1.43. The zero-order valence-corrected chi connectivity index (χ0v) is 8.72. The summed E-state index contributed by atoms with van der Waals surface area (Å²) >= 11 is 0. The summed E-state index contributed by atoms with van der Waals surface area (Å²) in [4.78, 5) is 22.1. The Hall–Kier alpha value is -2.09. The first-order valence-corrected chi connectivity index (χ1v) is 4.55. The van der Waals surface area contributed by atoms with Crippen molar-refractivity contribution in [1.29, 1.82) is 5.26 Å². The van der Waals surface area contributed by atoms with Crippen molar-refractivity contribution < 1.29 is 19.8 Å². The average molecular weight is 223 g/mol. The van der Waals surface area contributed by atoms with E-state index in [0.717, 1.165) is 0 Å². The van der Waals surface area contributed by atoms with E-state index in [2.05, 4.69) is 13.2 Å². The minimum Gasteiger partial charge on any atom is -0.481 e. The Kier molecular flexibility index (Phi) is 4.96. The molecule has 2 unspecified atom stereocenters. The van der Waals surface area contributed by atoms with Gasteiger partial charge in [-0.1, -0.05) is 12.2 Å². The van der Waals surface area contributed by atoms with Crippen molar-refractivity contribution in [1.82, 2.24) is 0 Å². The number of aliphatic carboxylic acids is 2. The summed E-state index contributed by atoms with van der Waals surface area (Å²) < 4.78 is 0. The molecule has 2 atom stereocenters. The van der Waals surface area contributed by atoms with E-state index in [-0.39, 0.29) is 12.8 Å². The number of nitriles is 1. The number of allylic oxidation sites excluding steroid dienone is 2. The molecule has 0 saturated heterocycles. The molecule has 0 radical (unpaired) electrons. The number of carboxylic acids is 2. The highest BCUT2D eigenvalue weighted by Crippen LogP contribution is 2.35. The van der Waals surface area contributed by atoms with Gasteiger partial charge in [0.2, 0.25) is 0 Å². The molecule has 0 fully saturated rings. The molecule has 0 aromatic heterocycles. The molecule has 0 spiro atoms. The highest BCUT2D eigenvalue weighted by atomic mass is 16.4. The van der Waals surface area contributed by atoms with Gasteiger partial charge in [-0.3, -0.25) is 9.59 Å². The van der Waals surface area contributed by atoms with Crippen molar-refractivity contribution in [3.8, 4) is 6.07 Å². The fraction of sp³-hybridized carbons (Fsp3) is 0.364. The van der Waals surface area contributed by atoms with Gasteiger partial charge in [-0.2, -0.15) is 5.26 Å². The van der Waals surface area contributed by atoms with Crippen LogP contribution in [0.2, 0.25) is 0 Å². The molecule has 16 heavy (non-hydrogen) atoms. The molecule has 0 amide bonds. The summed E-state index contributed by atoms with van der Waals surface area (Å²) in [6.45, 7) is 6.70. The fourth-order valence-electron chi connectivity index (χ4n) is 1.46. The smallest absolute Gasteiger partial charge is 0.325 e. The molecule has 86 valence electrons. The molecule has 5 heteroatoms. The average Bonchev–Trinajstić information content (AvgIpc) is 2.22. The molecule has 2 N–H and O–H groups in total. The molecular weight excluding hydrogens is 210 g/mol. The lowest BCUT2D eigenvalue weighted by Crippen LogP contribution is -2.41. The Balaban J connectivity index is 5.51. The molecule has 0 aliphatic carbocycles. The number of nitrogens with zero attached hydrogens (tertiary/aromatic N) is 1. The molecule has 0 saturated carbocycles. The Morgan fingerprint density at radius 1 is 1.38 bits per heavy atom. The summed E-state index contributed by atoms with van der Waals surface area (Å²) in [5.41, 5.74) is -1.98. The van der Waals surface area contributed by atoms with Gasteiger partial charge < -0.3 is 10.2 Å². The normalized spacial score (nSPS) is 15.2. The van der Waals surface area contributed by atoms with E-state index in [1.165, 1.54) is 12.2 Å². The van der Waals surface area contributed by atoms with Crippen LogP contribution < -0.4 is 0 Å². The van der Waals surface area contributed by atoms with Gasteiger partial charge in [0.15, 0.2) is 5.41 Å². The third kappa shape index (κ3) is 2.48. The fourth-order valence-corrected chi connectivity index (χ4v) is 1.46. The third-order valence-corrected chi connectivity index (χ3v) is 2.34. The van der Waals surface area contributed by atoms with Gasteiger partial charge in [-0.15, -0.1) is 13.2 Å². The van der Waals surface area contributed by atoms with E-state index in [1.54, 1.807) is 6.07 Å². The number of hydrogen-bond acceptors (Lipinski definition) is 3. The lowest BCUT2D eigenvalue weighted by Gasteiger charge is -2.26. The lowest BCUT2D eigenvalue weighted by atomic mass is 9.72. The maximum atomic E-state index is 11.1. The summed E-state index contributed by atoms with van der Waals surface area (Å²) in [5, 5.41) is 26.9. The quantitative estimate of drug-likeness (QED) is 0.636. The second-order valence-corrected chi connectivity index (χ2v) is 3.30. The Morgan fingerprint density at radius 3 is 2.19 bits per heavy atom. The molecular formula is C11H13NO4. The topological polar surface area (TPSA) is 98.4 Å². The molecule has 5 nitrogen and oxygen atoms in total. The van der Waals surface area contributed by atoms with Gasteiger partial charge in [-0.25, -0.2) is 0 Å². The van der Waals surface area contributed by atoms with Crippen LogP contribution in [-0.4, -0.2) is 22.2 Å². The minimum atomic E-state index is -1.98. The van der Waals surface area contributed by atoms with Crippen molar-refractivity contribution in [2.75, 3.05) is 0 Å². The van der Waals surface area contributed by atoms with Crippen LogP contribution in [0.25, 0.3) is 0 Å². The molecule has 0 aromatic carbocycles. The largest absolute Gasteiger partial charge is 0.481 e. The maximum absolute atomic E-state index is 11.1. The van der Waals surface area contributed by atoms with E-state index in [9.17, 15) is 9.59 Å². The lowest BCUT2D eigenvalue weighted by molar-refractivity contribution is -0.158. The Bertz CT molecular complexity index is 355. The summed E-state index contributed by atoms with van der Waals surface area (Å²) in [7, 11) is 0. The number of carbonyl (C=O) groups is 2. The van der Waals surface area contributed by atoms with Crippen molar-refractivity contribution in [2.24, 2.45) is 11.3 Å². The zero-order valence-electron chi connectivity index (χ0n) is 8.72. The van der Waals surface area contributed by atoms with E-state index in [1.807, 2.05) is 0 Å². The van der Waals surface area contributed by atoms with Crippen LogP contribution in [0.5, 0.6) is 0 Å². The maximum Gasteiger partial charge on any atom is 0.325 e. The number of rotatable bonds is 7. The van der Waals surface area contributed by atoms with Gasteiger partial charge in [-0.05, 0) is 12.8 Å². The standard InChI is InChI=1S/C11H13NO4/c1-3-5-8(9(13)14)11(7-12,6-4-2)10(15)16/h3-4,8H,1-2,5-6H2,(H,13,14)(H,15,16). The van der Waals surface area contributed by atoms with Crippen LogP contribution in [0.4, 0.5) is 0 Å². The van der Waals surface area contributed by atoms with Crippen molar-refractivity contribution in [3.63, 3.8) is 0 Å². The Labute approximate surface area is 93.3 Å². The first-order chi connectivity index (χ1) is 7.46. The predicted molar refractivity (Wildman–Crippen MR) is 56.4 cm³/mol. The van der Waals surface area contributed by atoms with Crippen molar-refractivity contribution in [2.45, 2.75) is 12.8 Å². The summed E-state index contributed by atoms with van der Waals surface area (Å²) in [6, 6.07) is 1.58. The molecule has 0 aromatic rings. The minimum absolute atomic E-state index is 0.0803. The molecule has 0 heterocycles. The molecule has 0 bridgehead atoms. The van der Waals surface area contributed by atoms with E-state index in [4.69, 9.17) is 15.5 Å². The van der Waals surface area contributed by atoms with Gasteiger partial charge in [0.05, 0.1) is 12.0 Å². The van der Waals surface area contributed by atoms with Crippen LogP contribution in [-0.2, 0) is 9.59 Å². The molecule has 0 rings (SSSR count). The van der Waals surface area contributed by atoms with Crippen LogP contribution in [0.1, 0.15) is 12.8 Å². The first kappa shape index (κ1) is 13.9. The van der Waals surface area contributed by atoms with Gasteiger partial charge >= 0.3 is 11.9 Å². The first-order valence-electron chi connectivity index (χ1n) is 4.55. The van der Waals surface area contributed by atoms with Crippen LogP contribution in [0, 0.1) is 22.7 Å². The molecule has 0 aliphatic heterocycles. The SMILES string of the molecule is C=CCC(C(=O)O)C(C#N)(CC=C)C(=O)O. The van der Waals surface area contributed by atoms with Crippen molar-refractivity contribution in [3.05, 3.63) is 25.3 Å². The van der Waals surface area contributed by atoms with Crippen molar-refractivity contribution >= 4 is 11.9 Å². The van der Waals surface area contributed by atoms with Gasteiger partial charge in [0, 0.05) is 0 Å². The van der Waals surface area contributed by atoms with Crippen LogP contribution in [0.3, 0.4) is 0 Å². The second-order valence-electron chi connectivity index (χ2n) is 3.30. The number of hydrogen-bond donors (Lipinski definition) is 2. The van der Waals surface area contributed by atoms with E-state index < -0.39 is 23.3 Å². The van der Waals surface area contributed by atoms with Crippen LogP contribution >= 0.6 is 0 Å². The Morgan fingerprint density at radius 2 is 1.94 bits per heavy atom. The van der Waals surface area contributed by atoms with Gasteiger partial charge in [0.1, 0.15) is 0 Å². The third-order valence-electron chi connectivity index (χ3n) is 2.34. The highest BCUT2D eigenvalue weighted by Gasteiger charge is 2.48. The second kappa shape index (κ2) is 5.71. The summed E-state index contributed by atoms with van der Waals surface area (Å²) in [6.07, 6.45) is 2.22. The highest BCUT2D eigenvalue weighted by molar-refractivity contribution is 5.86. The number of carboxylic acid groups (broad SMARTS) is 2. The van der Waals surface area contributed by atoms with Crippen LogP contribution in [0.15, 0.2) is 25.3 Å². The van der Waals surface area contributed by atoms with Gasteiger partial charge in [0.25, 0.3) is 0 Å². The molecule has 0 aliphatic rings. The van der Waals surface area contributed by atoms with E-state index in [0.29, 0.717) is 0 Å². The zero-order chi connectivity index (χ0) is 12.8. The monoisotopic (exact) mass is 223 g/mol. The summed E-state index contributed by atoms with van der Waals surface area (Å²) in [5.74, 6) is -4.11.